The molecule has 0 saturated carbocycles. The van der Waals surface area contributed by atoms with Gasteiger partial charge in [0.2, 0.25) is 5.91 Å². The second kappa shape index (κ2) is 1.62. The molecule has 0 radical (unpaired) electrons. The maximum atomic E-state index is 10.6. The van der Waals surface area contributed by atoms with Gasteiger partial charge < -0.3 is 5.32 Å². The van der Waals surface area contributed by atoms with Crippen LogP contribution in [0.15, 0.2) is 11.8 Å². The predicted octanol–water partition coefficient (Wildman–Crippen LogP) is 0.656. The summed E-state index contributed by atoms with van der Waals surface area (Å²) in [5.41, 5.74) is 0.975. The summed E-state index contributed by atoms with van der Waals surface area (Å²) in [7, 11) is 0. The smallest absolute Gasteiger partial charge is 0.230 e. The molecule has 0 aliphatic carbocycles. The van der Waals surface area contributed by atoms with Gasteiger partial charge >= 0.3 is 0 Å². The monoisotopic (exact) mass is 111 g/mol. The van der Waals surface area contributed by atoms with Gasteiger partial charge in [-0.15, -0.1) is 0 Å². The molecule has 2 nitrogen and oxygen atoms in total. The molecule has 0 bridgehead atoms. The van der Waals surface area contributed by atoms with E-state index in [9.17, 15) is 4.79 Å². The molecule has 1 N–H and O–H groups in total. The first-order chi connectivity index (χ1) is 3.70. The number of carbonyl (C=O) groups is 1. The van der Waals surface area contributed by atoms with Crippen molar-refractivity contribution in [2.45, 2.75) is 13.8 Å². The highest BCUT2D eigenvalue weighted by Gasteiger charge is 2.15. The summed E-state index contributed by atoms with van der Waals surface area (Å²) >= 11 is 0. The molecule has 1 atom stereocenters. The largest absolute Gasteiger partial charge is 0.330 e. The lowest BCUT2D eigenvalue weighted by Crippen LogP contribution is -2.18. The Bertz CT molecular complexity index is 149. The van der Waals surface area contributed by atoms with Crippen molar-refractivity contribution in [1.29, 1.82) is 0 Å². The molecule has 0 aromatic rings. The van der Waals surface area contributed by atoms with Crippen LogP contribution in [0.25, 0.3) is 0 Å². The summed E-state index contributed by atoms with van der Waals surface area (Å²) in [4.78, 5) is 10.6. The average molecular weight is 111 g/mol. The highest BCUT2D eigenvalue weighted by atomic mass is 16.2. The van der Waals surface area contributed by atoms with E-state index in [4.69, 9.17) is 0 Å². The van der Waals surface area contributed by atoms with E-state index in [-0.39, 0.29) is 11.8 Å². The van der Waals surface area contributed by atoms with Crippen LogP contribution < -0.4 is 5.32 Å². The molecular formula is C6H9NO. The molecule has 0 aromatic heterocycles. The van der Waals surface area contributed by atoms with E-state index in [1.54, 1.807) is 0 Å². The van der Waals surface area contributed by atoms with E-state index in [0.29, 0.717) is 0 Å². The fraction of sp³-hybridized carbons (Fsp3) is 0.500. The Labute approximate surface area is 48.6 Å². The van der Waals surface area contributed by atoms with Crippen LogP contribution in [0.2, 0.25) is 0 Å². The van der Waals surface area contributed by atoms with Crippen molar-refractivity contribution in [3.63, 3.8) is 0 Å². The standard InChI is InChI=1S/C6H9NO/c1-4-3-5(2)7-6(4)8/h3-4H,1-2H3,(H,7,8). The highest BCUT2D eigenvalue weighted by Crippen LogP contribution is 2.08. The first kappa shape index (κ1) is 5.35. The topological polar surface area (TPSA) is 29.1 Å². The zero-order chi connectivity index (χ0) is 6.15. The molecule has 0 aromatic carbocycles. The molecule has 44 valence electrons. The SMILES string of the molecule is CC1=CC(C)C(=O)N1. The average Bonchev–Trinajstić information content (AvgIpc) is 1.85. The molecule has 1 aliphatic rings. The number of nitrogens with one attached hydrogen (secondary N) is 1. The zero-order valence-corrected chi connectivity index (χ0v) is 5.06. The summed E-state index contributed by atoms with van der Waals surface area (Å²) in [6.07, 6.45) is 1.92. The molecule has 8 heavy (non-hydrogen) atoms. The van der Waals surface area contributed by atoms with Crippen molar-refractivity contribution in [1.82, 2.24) is 5.32 Å². The molecule has 1 heterocycles. The minimum atomic E-state index is 0.0787. The van der Waals surface area contributed by atoms with Gasteiger partial charge in [-0.25, -0.2) is 0 Å². The second-order valence-electron chi connectivity index (χ2n) is 2.13. The van der Waals surface area contributed by atoms with Gasteiger partial charge in [0.1, 0.15) is 0 Å². The number of allylic oxidation sites excluding steroid dienone is 1. The molecule has 0 fully saturated rings. The van der Waals surface area contributed by atoms with Gasteiger partial charge in [-0.1, -0.05) is 13.0 Å². The zero-order valence-electron chi connectivity index (χ0n) is 5.06. The Balaban J connectivity index is 2.69. The van der Waals surface area contributed by atoms with Crippen molar-refractivity contribution >= 4 is 5.91 Å². The van der Waals surface area contributed by atoms with Crippen molar-refractivity contribution < 1.29 is 4.79 Å². The molecular weight excluding hydrogens is 102 g/mol. The molecule has 1 unspecified atom stereocenters. The van der Waals surface area contributed by atoms with Gasteiger partial charge in [-0.05, 0) is 6.92 Å². The number of hydrogen-bond donors (Lipinski definition) is 1. The summed E-state index contributed by atoms with van der Waals surface area (Å²) in [5, 5.41) is 2.69. The van der Waals surface area contributed by atoms with E-state index in [1.165, 1.54) is 0 Å². The third-order valence-corrected chi connectivity index (χ3v) is 1.23. The van der Waals surface area contributed by atoms with Crippen LogP contribution in [0.3, 0.4) is 0 Å². The number of carbonyl (C=O) groups excluding carboxylic acids is 1. The van der Waals surface area contributed by atoms with E-state index < -0.39 is 0 Å². The minimum Gasteiger partial charge on any atom is -0.330 e. The molecule has 0 saturated heterocycles. The Morgan fingerprint density at radius 2 is 2.38 bits per heavy atom. The molecule has 1 amide bonds. The maximum absolute atomic E-state index is 10.6. The number of amides is 1. The van der Waals surface area contributed by atoms with Gasteiger partial charge in [0.15, 0.2) is 0 Å². The fourth-order valence-corrected chi connectivity index (χ4v) is 0.801. The minimum absolute atomic E-state index is 0.0787. The fourth-order valence-electron chi connectivity index (χ4n) is 0.801. The quantitative estimate of drug-likeness (QED) is 0.488. The molecule has 1 aliphatic heterocycles. The third-order valence-electron chi connectivity index (χ3n) is 1.23. The van der Waals surface area contributed by atoms with Crippen LogP contribution in [-0.2, 0) is 4.79 Å². The predicted molar refractivity (Wildman–Crippen MR) is 31.1 cm³/mol. The first-order valence-corrected chi connectivity index (χ1v) is 2.69. The van der Waals surface area contributed by atoms with Crippen LogP contribution in [0.1, 0.15) is 13.8 Å². The summed E-state index contributed by atoms with van der Waals surface area (Å²) in [6, 6.07) is 0. The van der Waals surface area contributed by atoms with Crippen molar-refractivity contribution in [3.05, 3.63) is 11.8 Å². The second-order valence-corrected chi connectivity index (χ2v) is 2.13. The molecule has 1 rings (SSSR count). The lowest BCUT2D eigenvalue weighted by atomic mass is 10.2. The summed E-state index contributed by atoms with van der Waals surface area (Å²) < 4.78 is 0. The lowest BCUT2D eigenvalue weighted by molar-refractivity contribution is -0.121. The van der Waals surface area contributed by atoms with Gasteiger partial charge in [0.25, 0.3) is 0 Å². The Morgan fingerprint density at radius 3 is 2.50 bits per heavy atom. The van der Waals surface area contributed by atoms with Crippen LogP contribution in [-0.4, -0.2) is 5.91 Å². The highest BCUT2D eigenvalue weighted by molar-refractivity contribution is 5.84. The number of rotatable bonds is 0. The van der Waals surface area contributed by atoms with Crippen LogP contribution in [0.5, 0.6) is 0 Å². The third kappa shape index (κ3) is 0.735. The van der Waals surface area contributed by atoms with E-state index in [1.807, 2.05) is 19.9 Å². The van der Waals surface area contributed by atoms with Crippen molar-refractivity contribution in [2.24, 2.45) is 5.92 Å². The van der Waals surface area contributed by atoms with Gasteiger partial charge in [0, 0.05) is 5.70 Å². The maximum Gasteiger partial charge on any atom is 0.230 e. The first-order valence-electron chi connectivity index (χ1n) is 2.69. The van der Waals surface area contributed by atoms with E-state index >= 15 is 0 Å². The van der Waals surface area contributed by atoms with E-state index in [2.05, 4.69) is 5.32 Å². The Hall–Kier alpha value is -0.790. The van der Waals surface area contributed by atoms with Gasteiger partial charge in [-0.3, -0.25) is 4.79 Å². The van der Waals surface area contributed by atoms with Crippen molar-refractivity contribution in [2.75, 3.05) is 0 Å². The summed E-state index contributed by atoms with van der Waals surface area (Å²) in [6.45, 7) is 3.77. The summed E-state index contributed by atoms with van der Waals surface area (Å²) in [5.74, 6) is 0.192. The molecule has 0 spiro atoms. The van der Waals surface area contributed by atoms with E-state index in [0.717, 1.165) is 5.70 Å². The molecule has 2 heteroatoms. The Morgan fingerprint density at radius 1 is 1.75 bits per heavy atom. The van der Waals surface area contributed by atoms with Crippen molar-refractivity contribution in [3.8, 4) is 0 Å². The number of hydrogen-bond acceptors (Lipinski definition) is 1. The van der Waals surface area contributed by atoms with Gasteiger partial charge in [0.05, 0.1) is 5.92 Å². The lowest BCUT2D eigenvalue weighted by Gasteiger charge is -1.92. The van der Waals surface area contributed by atoms with Gasteiger partial charge in [-0.2, -0.15) is 0 Å². The van der Waals surface area contributed by atoms with Crippen LogP contribution in [0, 0.1) is 5.92 Å². The normalized spacial score (nSPS) is 27.5. The Kier molecular flexibility index (Phi) is 1.08. The van der Waals surface area contributed by atoms with Crippen LogP contribution >= 0.6 is 0 Å². The van der Waals surface area contributed by atoms with Crippen LogP contribution in [0.4, 0.5) is 0 Å².